The smallest absolute Gasteiger partial charge is 0.416 e. The molecule has 3 aromatic carbocycles. The van der Waals surface area contributed by atoms with Crippen LogP contribution in [0.5, 0.6) is 17.2 Å². The molecular formula is C21H14ClF3N2O4. The second kappa shape index (κ2) is 9.05. The van der Waals surface area contributed by atoms with Crippen molar-refractivity contribution in [2.45, 2.75) is 6.18 Å². The maximum atomic E-state index is 12.9. The van der Waals surface area contributed by atoms with E-state index in [1.54, 1.807) is 24.3 Å². The van der Waals surface area contributed by atoms with E-state index in [0.717, 1.165) is 6.07 Å². The number of alkyl halides is 3. The molecular weight excluding hydrogens is 437 g/mol. The van der Waals surface area contributed by atoms with Crippen molar-refractivity contribution in [3.63, 3.8) is 0 Å². The Balaban J connectivity index is 1.95. The molecule has 0 atom stereocenters. The van der Waals surface area contributed by atoms with Crippen LogP contribution in [0.4, 0.5) is 24.5 Å². The third-order valence-corrected chi connectivity index (χ3v) is 4.33. The lowest BCUT2D eigenvalue weighted by atomic mass is 10.1. The van der Waals surface area contributed by atoms with Crippen LogP contribution in [0.1, 0.15) is 11.1 Å². The molecule has 3 aromatic rings. The minimum absolute atomic E-state index is 0.129. The van der Waals surface area contributed by atoms with Crippen LogP contribution >= 0.6 is 11.6 Å². The Labute approximate surface area is 179 Å². The largest absolute Gasteiger partial charge is 0.497 e. The Morgan fingerprint density at radius 1 is 1.03 bits per heavy atom. The normalized spacial score (nSPS) is 11.5. The molecule has 0 unspecified atom stereocenters. The lowest BCUT2D eigenvalue weighted by molar-refractivity contribution is -0.385. The number of methoxy groups -OCH3 is 1. The molecule has 0 aliphatic heterocycles. The number of ether oxygens (including phenoxy) is 2. The summed E-state index contributed by atoms with van der Waals surface area (Å²) in [4.78, 5) is 14.7. The van der Waals surface area contributed by atoms with E-state index in [0.29, 0.717) is 34.2 Å². The zero-order chi connectivity index (χ0) is 22.6. The lowest BCUT2D eigenvalue weighted by Crippen LogP contribution is -2.06. The van der Waals surface area contributed by atoms with Crippen molar-refractivity contribution >= 4 is 29.2 Å². The summed E-state index contributed by atoms with van der Waals surface area (Å²) in [5.74, 6) is 0.435. The van der Waals surface area contributed by atoms with Crippen LogP contribution < -0.4 is 9.47 Å². The fourth-order valence-electron chi connectivity index (χ4n) is 2.57. The molecule has 31 heavy (non-hydrogen) atoms. The van der Waals surface area contributed by atoms with E-state index in [9.17, 15) is 23.3 Å². The van der Waals surface area contributed by atoms with Gasteiger partial charge in [-0.2, -0.15) is 13.2 Å². The van der Waals surface area contributed by atoms with Gasteiger partial charge >= 0.3 is 11.9 Å². The summed E-state index contributed by atoms with van der Waals surface area (Å²) in [6.07, 6.45) is -3.29. The molecule has 0 radical (unpaired) electrons. The molecule has 0 aliphatic carbocycles. The van der Waals surface area contributed by atoms with Gasteiger partial charge in [0.1, 0.15) is 11.5 Å². The van der Waals surface area contributed by atoms with E-state index < -0.39 is 22.4 Å². The van der Waals surface area contributed by atoms with Gasteiger partial charge in [-0.25, -0.2) is 0 Å². The third kappa shape index (κ3) is 5.52. The maximum absolute atomic E-state index is 12.9. The van der Waals surface area contributed by atoms with Gasteiger partial charge in [0.2, 0.25) is 5.75 Å². The summed E-state index contributed by atoms with van der Waals surface area (Å²) >= 11 is 6.03. The highest BCUT2D eigenvalue weighted by atomic mass is 35.5. The minimum Gasteiger partial charge on any atom is -0.497 e. The van der Waals surface area contributed by atoms with E-state index in [1.807, 2.05) is 0 Å². The monoisotopic (exact) mass is 450 g/mol. The van der Waals surface area contributed by atoms with E-state index in [4.69, 9.17) is 21.1 Å². The second-order valence-corrected chi connectivity index (χ2v) is 6.61. The molecule has 0 aliphatic rings. The van der Waals surface area contributed by atoms with E-state index >= 15 is 0 Å². The van der Waals surface area contributed by atoms with Gasteiger partial charge in [0.05, 0.1) is 23.3 Å². The zero-order valence-corrected chi connectivity index (χ0v) is 16.6. The summed E-state index contributed by atoms with van der Waals surface area (Å²) in [5, 5.41) is 11.6. The summed E-state index contributed by atoms with van der Waals surface area (Å²) in [6.45, 7) is 0. The molecule has 0 amide bonds. The van der Waals surface area contributed by atoms with Crippen molar-refractivity contribution in [1.82, 2.24) is 0 Å². The minimum atomic E-state index is -4.72. The van der Waals surface area contributed by atoms with Crippen LogP contribution in [0.15, 0.2) is 65.7 Å². The standard InChI is InChI=1S/C21H14ClF3N2O4/c1-30-17-6-4-16(5-7-17)26-12-13-10-15(22)3-9-19(13)31-20-8-2-14(21(23,24)25)11-18(20)27(28)29/h2-12H,1H3. The number of hydrogen-bond donors (Lipinski definition) is 0. The lowest BCUT2D eigenvalue weighted by Gasteiger charge is -2.11. The zero-order valence-electron chi connectivity index (χ0n) is 15.9. The Bertz CT molecular complexity index is 1130. The van der Waals surface area contributed by atoms with Crippen LogP contribution in [0.25, 0.3) is 0 Å². The highest BCUT2D eigenvalue weighted by Gasteiger charge is 2.33. The molecule has 0 N–H and O–H groups in total. The fourth-order valence-corrected chi connectivity index (χ4v) is 2.75. The number of nitro benzene ring substituents is 1. The highest BCUT2D eigenvalue weighted by molar-refractivity contribution is 6.30. The van der Waals surface area contributed by atoms with Gasteiger partial charge in [0.25, 0.3) is 0 Å². The van der Waals surface area contributed by atoms with Crippen molar-refractivity contribution < 1.29 is 27.6 Å². The first-order valence-corrected chi connectivity index (χ1v) is 9.06. The molecule has 160 valence electrons. The number of benzene rings is 3. The van der Waals surface area contributed by atoms with Gasteiger partial charge in [-0.05, 0) is 54.6 Å². The van der Waals surface area contributed by atoms with Crippen molar-refractivity contribution in [1.29, 1.82) is 0 Å². The number of nitrogens with zero attached hydrogens (tertiary/aromatic N) is 2. The number of rotatable bonds is 6. The molecule has 10 heteroatoms. The molecule has 3 rings (SSSR count). The third-order valence-electron chi connectivity index (χ3n) is 4.10. The predicted molar refractivity (Wildman–Crippen MR) is 110 cm³/mol. The molecule has 0 bridgehead atoms. The SMILES string of the molecule is COc1ccc(N=Cc2cc(Cl)ccc2Oc2ccc(C(F)(F)F)cc2[N+](=O)[O-])cc1. The molecule has 0 spiro atoms. The Hall–Kier alpha value is -3.59. The molecule has 0 saturated heterocycles. The van der Waals surface area contributed by atoms with Crippen molar-refractivity contribution in [2.75, 3.05) is 7.11 Å². The van der Waals surface area contributed by atoms with Crippen LogP contribution in [0.2, 0.25) is 5.02 Å². The molecule has 6 nitrogen and oxygen atoms in total. The molecule has 0 aromatic heterocycles. The summed E-state index contributed by atoms with van der Waals surface area (Å²) in [6, 6.07) is 13.3. The van der Waals surface area contributed by atoms with E-state index in [1.165, 1.54) is 31.5 Å². The van der Waals surface area contributed by atoms with Crippen molar-refractivity contribution in [3.05, 3.63) is 86.9 Å². The Morgan fingerprint density at radius 2 is 1.71 bits per heavy atom. The first kappa shape index (κ1) is 22.1. The summed E-state index contributed by atoms with van der Waals surface area (Å²) in [5.41, 5.74) is -1.00. The van der Waals surface area contributed by atoms with Crippen molar-refractivity contribution in [2.24, 2.45) is 4.99 Å². The van der Waals surface area contributed by atoms with Gasteiger partial charge < -0.3 is 9.47 Å². The average molecular weight is 451 g/mol. The van der Waals surface area contributed by atoms with Crippen LogP contribution in [-0.4, -0.2) is 18.2 Å². The summed E-state index contributed by atoms with van der Waals surface area (Å²) < 4.78 is 49.4. The van der Waals surface area contributed by atoms with Crippen LogP contribution in [-0.2, 0) is 6.18 Å². The second-order valence-electron chi connectivity index (χ2n) is 6.18. The molecule has 0 heterocycles. The first-order valence-electron chi connectivity index (χ1n) is 8.68. The average Bonchev–Trinajstić information content (AvgIpc) is 2.73. The van der Waals surface area contributed by atoms with Crippen molar-refractivity contribution in [3.8, 4) is 17.2 Å². The van der Waals surface area contributed by atoms with Gasteiger partial charge in [-0.1, -0.05) is 11.6 Å². The quantitative estimate of drug-likeness (QED) is 0.234. The highest BCUT2D eigenvalue weighted by Crippen LogP contribution is 2.38. The van der Waals surface area contributed by atoms with Gasteiger partial charge in [-0.3, -0.25) is 15.1 Å². The molecule has 0 saturated carbocycles. The first-order chi connectivity index (χ1) is 14.7. The number of hydrogen-bond acceptors (Lipinski definition) is 5. The summed E-state index contributed by atoms with van der Waals surface area (Å²) in [7, 11) is 1.54. The molecule has 0 fully saturated rings. The van der Waals surface area contributed by atoms with E-state index in [2.05, 4.69) is 4.99 Å². The number of nitro groups is 1. The van der Waals surface area contributed by atoms with Gasteiger partial charge in [0, 0.05) is 22.9 Å². The van der Waals surface area contributed by atoms with Crippen LogP contribution in [0, 0.1) is 10.1 Å². The Kier molecular flexibility index (Phi) is 6.45. The van der Waals surface area contributed by atoms with Crippen LogP contribution in [0.3, 0.4) is 0 Å². The number of aliphatic imine (C=N–C) groups is 1. The van der Waals surface area contributed by atoms with Gasteiger partial charge in [0.15, 0.2) is 0 Å². The topological polar surface area (TPSA) is 74.0 Å². The Morgan fingerprint density at radius 3 is 2.32 bits per heavy atom. The van der Waals surface area contributed by atoms with Gasteiger partial charge in [-0.15, -0.1) is 0 Å². The number of halogens is 4. The fraction of sp³-hybridized carbons (Fsp3) is 0.0952. The van der Waals surface area contributed by atoms with E-state index in [-0.39, 0.29) is 11.5 Å². The predicted octanol–water partition coefficient (Wildman–Crippen LogP) is 6.82. The maximum Gasteiger partial charge on any atom is 0.416 e.